The lowest BCUT2D eigenvalue weighted by Crippen LogP contribution is -2.21. The predicted molar refractivity (Wildman–Crippen MR) is 96.3 cm³/mol. The number of carbonyl (C=O) groups excluding carboxylic acids is 1. The molecule has 2 rings (SSSR count). The third-order valence-electron chi connectivity index (χ3n) is 4.04. The van der Waals surface area contributed by atoms with Crippen LogP contribution in [0.4, 0.5) is 0 Å². The molecule has 2 aromatic rings. The summed E-state index contributed by atoms with van der Waals surface area (Å²) in [6.45, 7) is 9.83. The molecule has 0 saturated carbocycles. The number of benzene rings is 2. The molecule has 1 atom stereocenters. The van der Waals surface area contributed by atoms with Gasteiger partial charge in [0, 0.05) is 11.5 Å². The molecular formula is C21H24O3. The fourth-order valence-electron chi connectivity index (χ4n) is 2.50. The molecule has 3 heteroatoms. The molecule has 0 fully saturated rings. The van der Waals surface area contributed by atoms with E-state index in [4.69, 9.17) is 9.47 Å². The van der Waals surface area contributed by atoms with Gasteiger partial charge in [-0.25, -0.2) is 4.79 Å². The zero-order valence-corrected chi connectivity index (χ0v) is 14.5. The highest BCUT2D eigenvalue weighted by molar-refractivity contribution is 5.81. The molecule has 0 radical (unpaired) electrons. The summed E-state index contributed by atoms with van der Waals surface area (Å²) in [5.74, 6) is 0.315. The number of hydrogen-bond donors (Lipinski definition) is 0. The van der Waals surface area contributed by atoms with Crippen LogP contribution in [0.15, 0.2) is 67.3 Å². The van der Waals surface area contributed by atoms with Crippen molar-refractivity contribution in [3.63, 3.8) is 0 Å². The number of ether oxygens (including phenoxy) is 2. The largest absolute Gasteiger partial charge is 0.487 e. The number of esters is 1. The van der Waals surface area contributed by atoms with E-state index in [1.807, 2.05) is 25.1 Å². The van der Waals surface area contributed by atoms with Gasteiger partial charge >= 0.3 is 5.97 Å². The average molecular weight is 324 g/mol. The predicted octanol–water partition coefficient (Wildman–Crippen LogP) is 4.51. The van der Waals surface area contributed by atoms with E-state index >= 15 is 0 Å². The number of carbonyl (C=O) groups is 1. The lowest BCUT2D eigenvalue weighted by molar-refractivity contribution is -0.139. The van der Waals surface area contributed by atoms with E-state index in [1.165, 1.54) is 11.1 Å². The van der Waals surface area contributed by atoms with E-state index in [-0.39, 0.29) is 18.1 Å². The van der Waals surface area contributed by atoms with Crippen LogP contribution in [0.5, 0.6) is 5.75 Å². The van der Waals surface area contributed by atoms with Crippen molar-refractivity contribution in [1.82, 2.24) is 0 Å². The quantitative estimate of drug-likeness (QED) is 0.555. The van der Waals surface area contributed by atoms with Crippen LogP contribution in [-0.4, -0.2) is 18.7 Å². The Kier molecular flexibility index (Phi) is 5.80. The lowest BCUT2D eigenvalue weighted by Gasteiger charge is -2.26. The van der Waals surface area contributed by atoms with Gasteiger partial charge in [-0.05, 0) is 30.2 Å². The van der Waals surface area contributed by atoms with Crippen LogP contribution in [0.1, 0.15) is 31.9 Å². The summed E-state index contributed by atoms with van der Waals surface area (Å²) in [5.41, 5.74) is 2.40. The number of hydrogen-bond acceptors (Lipinski definition) is 3. The van der Waals surface area contributed by atoms with Crippen molar-refractivity contribution < 1.29 is 14.3 Å². The molecule has 0 N–H and O–H groups in total. The van der Waals surface area contributed by atoms with Crippen LogP contribution in [0, 0.1) is 0 Å². The van der Waals surface area contributed by atoms with E-state index in [2.05, 4.69) is 56.8 Å². The van der Waals surface area contributed by atoms with Crippen LogP contribution >= 0.6 is 0 Å². The normalized spacial score (nSPS) is 12.3. The summed E-state index contributed by atoms with van der Waals surface area (Å²) >= 11 is 0. The first-order valence-corrected chi connectivity index (χ1v) is 8.05. The minimum Gasteiger partial charge on any atom is -0.487 e. The summed E-state index contributed by atoms with van der Waals surface area (Å²) in [5, 5.41) is 0. The highest BCUT2D eigenvalue weighted by Gasteiger charge is 2.22. The molecule has 0 aliphatic rings. The molecule has 1 unspecified atom stereocenters. The fraction of sp³-hybridized carbons (Fsp3) is 0.286. The van der Waals surface area contributed by atoms with E-state index in [0.29, 0.717) is 0 Å². The molecule has 0 aliphatic heterocycles. The van der Waals surface area contributed by atoms with Gasteiger partial charge in [0.2, 0.25) is 0 Å². The van der Waals surface area contributed by atoms with Crippen molar-refractivity contribution in [2.45, 2.75) is 32.3 Å². The molecule has 0 heterocycles. The first-order valence-electron chi connectivity index (χ1n) is 8.05. The van der Waals surface area contributed by atoms with Gasteiger partial charge in [-0.3, -0.25) is 0 Å². The molecule has 0 spiro atoms. The molecule has 0 bridgehead atoms. The van der Waals surface area contributed by atoms with Crippen molar-refractivity contribution in [3.8, 4) is 5.75 Å². The van der Waals surface area contributed by atoms with E-state index in [9.17, 15) is 4.79 Å². The lowest BCUT2D eigenvalue weighted by atomic mass is 9.78. The third kappa shape index (κ3) is 4.48. The van der Waals surface area contributed by atoms with Crippen LogP contribution in [-0.2, 0) is 14.9 Å². The Hall–Kier alpha value is -2.55. The monoisotopic (exact) mass is 324 g/mol. The van der Waals surface area contributed by atoms with E-state index in [0.717, 1.165) is 11.8 Å². The Morgan fingerprint density at radius 2 is 1.67 bits per heavy atom. The Labute approximate surface area is 143 Å². The van der Waals surface area contributed by atoms with Gasteiger partial charge in [0.25, 0.3) is 0 Å². The topological polar surface area (TPSA) is 35.5 Å². The Morgan fingerprint density at radius 1 is 1.08 bits per heavy atom. The molecule has 2 aromatic carbocycles. The summed E-state index contributed by atoms with van der Waals surface area (Å²) < 4.78 is 10.8. The third-order valence-corrected chi connectivity index (χ3v) is 4.04. The first-order chi connectivity index (χ1) is 11.4. The molecule has 0 aromatic heterocycles. The second-order valence-electron chi connectivity index (χ2n) is 6.28. The SMILES string of the molecule is C=CC(=O)OCC(C)Oc1ccc(C(C)(C)c2ccccc2)cc1. The summed E-state index contributed by atoms with van der Waals surface area (Å²) in [6.07, 6.45) is 0.926. The fourth-order valence-corrected chi connectivity index (χ4v) is 2.50. The van der Waals surface area contributed by atoms with Crippen LogP contribution in [0.25, 0.3) is 0 Å². The summed E-state index contributed by atoms with van der Waals surface area (Å²) in [7, 11) is 0. The Morgan fingerprint density at radius 3 is 2.25 bits per heavy atom. The average Bonchev–Trinajstić information content (AvgIpc) is 2.61. The highest BCUT2D eigenvalue weighted by Crippen LogP contribution is 2.32. The first kappa shape index (κ1) is 17.8. The van der Waals surface area contributed by atoms with Crippen LogP contribution < -0.4 is 4.74 Å². The van der Waals surface area contributed by atoms with E-state index < -0.39 is 5.97 Å². The molecular weight excluding hydrogens is 300 g/mol. The molecule has 0 amide bonds. The molecule has 0 aliphatic carbocycles. The van der Waals surface area contributed by atoms with Gasteiger partial charge in [0.1, 0.15) is 18.5 Å². The minimum atomic E-state index is -0.439. The van der Waals surface area contributed by atoms with Crippen molar-refractivity contribution in [2.75, 3.05) is 6.61 Å². The zero-order valence-electron chi connectivity index (χ0n) is 14.5. The Bertz CT molecular complexity index is 672. The maximum Gasteiger partial charge on any atom is 0.330 e. The van der Waals surface area contributed by atoms with Crippen molar-refractivity contribution in [2.24, 2.45) is 0 Å². The highest BCUT2D eigenvalue weighted by atomic mass is 16.6. The second-order valence-corrected chi connectivity index (χ2v) is 6.28. The molecule has 24 heavy (non-hydrogen) atoms. The van der Waals surface area contributed by atoms with Crippen LogP contribution in [0.2, 0.25) is 0 Å². The summed E-state index contributed by atoms with van der Waals surface area (Å²) in [6, 6.07) is 18.5. The van der Waals surface area contributed by atoms with Gasteiger partial charge in [-0.15, -0.1) is 0 Å². The van der Waals surface area contributed by atoms with Gasteiger partial charge in [-0.2, -0.15) is 0 Å². The van der Waals surface area contributed by atoms with Gasteiger partial charge in [0.05, 0.1) is 0 Å². The van der Waals surface area contributed by atoms with Gasteiger partial charge in [-0.1, -0.05) is 62.9 Å². The van der Waals surface area contributed by atoms with Gasteiger partial charge < -0.3 is 9.47 Å². The maximum atomic E-state index is 11.1. The van der Waals surface area contributed by atoms with Crippen molar-refractivity contribution in [3.05, 3.63) is 78.4 Å². The Balaban J connectivity index is 2.02. The molecule has 126 valence electrons. The van der Waals surface area contributed by atoms with Gasteiger partial charge in [0.15, 0.2) is 0 Å². The standard InChI is InChI=1S/C21H24O3/c1-5-20(22)23-15-16(2)24-19-13-11-18(12-14-19)21(3,4)17-9-7-6-8-10-17/h5-14,16H,1,15H2,2-4H3. The van der Waals surface area contributed by atoms with Crippen molar-refractivity contribution >= 4 is 5.97 Å². The maximum absolute atomic E-state index is 11.1. The molecule has 0 saturated heterocycles. The zero-order chi connectivity index (χ0) is 17.6. The smallest absolute Gasteiger partial charge is 0.330 e. The van der Waals surface area contributed by atoms with Crippen molar-refractivity contribution in [1.29, 1.82) is 0 Å². The second kappa shape index (κ2) is 7.82. The number of rotatable bonds is 7. The molecule has 3 nitrogen and oxygen atoms in total. The summed E-state index contributed by atoms with van der Waals surface area (Å²) in [4.78, 5) is 11.1. The van der Waals surface area contributed by atoms with E-state index in [1.54, 1.807) is 0 Å². The minimum absolute atomic E-state index is 0.0785. The van der Waals surface area contributed by atoms with Crippen LogP contribution in [0.3, 0.4) is 0 Å².